The van der Waals surface area contributed by atoms with Crippen LogP contribution in [0.5, 0.6) is 0 Å². The van der Waals surface area contributed by atoms with Crippen LogP contribution in [0.2, 0.25) is 0 Å². The molecule has 72 heavy (non-hydrogen) atoms. The van der Waals surface area contributed by atoms with E-state index in [1.165, 1.54) is 231 Å². The molecule has 0 atom stereocenters. The van der Waals surface area contributed by atoms with Gasteiger partial charge in [-0.05, 0) is 38.5 Å². The topological polar surface area (TPSA) is 92.5 Å². The van der Waals surface area contributed by atoms with Crippen molar-refractivity contribution >= 4 is 23.0 Å². The van der Waals surface area contributed by atoms with Crippen molar-refractivity contribution in [3.05, 3.63) is 0 Å². The Bertz CT molecular complexity index is 1060. The summed E-state index contributed by atoms with van der Waals surface area (Å²) in [5.74, 6) is 0. The molecular weight excluding hydrogens is 952 g/mol. The SMILES string of the molecule is CCCCCCCCCCOP1(OCCCCCCCCCC)=NP(OCCCCCCCCCC)(OCCCCCCCCCC)=NP(OCCCCCCCCCC)(OCCCCCCCCCC)=N1. The molecule has 0 saturated heterocycles. The van der Waals surface area contributed by atoms with Crippen molar-refractivity contribution in [1.29, 1.82) is 0 Å². The van der Waals surface area contributed by atoms with Crippen molar-refractivity contribution in [2.75, 3.05) is 39.6 Å². The Kier molecular flexibility index (Phi) is 52.3. The van der Waals surface area contributed by atoms with Gasteiger partial charge in [0.2, 0.25) is 0 Å². The molecule has 1 heterocycles. The van der Waals surface area contributed by atoms with Crippen molar-refractivity contribution in [2.24, 2.45) is 13.5 Å². The van der Waals surface area contributed by atoms with Crippen LogP contribution < -0.4 is 0 Å². The van der Waals surface area contributed by atoms with Gasteiger partial charge in [-0.25, -0.2) is 0 Å². The summed E-state index contributed by atoms with van der Waals surface area (Å²) in [5, 5.41) is 0. The highest BCUT2D eigenvalue weighted by Crippen LogP contribution is 2.80. The molecule has 0 saturated carbocycles. The van der Waals surface area contributed by atoms with Crippen LogP contribution in [-0.4, -0.2) is 39.6 Å². The lowest BCUT2D eigenvalue weighted by atomic mass is 10.1. The third-order valence-electron chi connectivity index (χ3n) is 14.2. The first-order valence-corrected chi connectivity index (χ1v) is 36.9. The first-order valence-electron chi connectivity index (χ1n) is 32.3. The molecule has 1 rings (SSSR count). The molecule has 0 unspecified atom stereocenters. The summed E-state index contributed by atoms with van der Waals surface area (Å²) >= 11 is 0. The van der Waals surface area contributed by atoms with E-state index < -0.39 is 23.0 Å². The Morgan fingerprint density at radius 3 is 0.403 bits per heavy atom. The second-order valence-corrected chi connectivity index (χ2v) is 28.2. The molecule has 0 spiro atoms. The van der Waals surface area contributed by atoms with Gasteiger partial charge in [0.15, 0.2) is 0 Å². The van der Waals surface area contributed by atoms with Gasteiger partial charge in [0.05, 0.1) is 39.6 Å². The maximum absolute atomic E-state index is 7.10. The quantitative estimate of drug-likeness (QED) is 0.0445. The van der Waals surface area contributed by atoms with E-state index in [1.807, 2.05) is 0 Å². The van der Waals surface area contributed by atoms with Crippen molar-refractivity contribution < 1.29 is 27.1 Å². The third-order valence-corrected chi connectivity index (χ3v) is 22.8. The fourth-order valence-corrected chi connectivity index (χ4v) is 19.1. The van der Waals surface area contributed by atoms with Gasteiger partial charge < -0.3 is 27.1 Å². The van der Waals surface area contributed by atoms with Crippen molar-refractivity contribution in [1.82, 2.24) is 0 Å². The largest absolute Gasteiger partial charge is 0.349 e. The molecular formula is C60H126N3O6P3. The molecule has 0 amide bonds. The number of hydrogen-bond acceptors (Lipinski definition) is 9. The van der Waals surface area contributed by atoms with E-state index in [1.54, 1.807) is 0 Å². The molecule has 0 radical (unpaired) electrons. The van der Waals surface area contributed by atoms with Gasteiger partial charge in [0.1, 0.15) is 0 Å². The zero-order chi connectivity index (χ0) is 52.0. The standard InChI is InChI=1S/C60H126N3O6P3/c1-7-13-19-25-31-37-43-49-55-64-70(65-56-50-44-38-32-26-20-14-8-2)61-71(66-57-51-45-39-33-27-21-15-9-3,67-58-52-46-40-34-28-22-16-10-4)63-72(62-70,68-59-53-47-41-35-29-23-17-11-5)69-60-54-48-42-36-30-24-18-12-6/h7-60H2,1-6H3. The molecule has 0 aliphatic carbocycles. The highest BCUT2D eigenvalue weighted by Gasteiger charge is 2.43. The van der Waals surface area contributed by atoms with E-state index in [4.69, 9.17) is 40.7 Å². The Balaban J connectivity index is 3.71. The van der Waals surface area contributed by atoms with Crippen molar-refractivity contribution in [3.8, 4) is 0 Å². The Hall–Kier alpha value is 0.450. The van der Waals surface area contributed by atoms with Crippen LogP contribution in [0.4, 0.5) is 0 Å². The van der Waals surface area contributed by atoms with Crippen molar-refractivity contribution in [2.45, 2.75) is 350 Å². The predicted octanol–water partition coefficient (Wildman–Crippen LogP) is 24.8. The minimum Gasteiger partial charge on any atom is -0.306 e. The molecule has 0 aromatic carbocycles. The highest BCUT2D eigenvalue weighted by atomic mass is 31.3. The van der Waals surface area contributed by atoms with E-state index >= 15 is 0 Å². The minimum atomic E-state index is -3.33. The first kappa shape index (κ1) is 70.5. The summed E-state index contributed by atoms with van der Waals surface area (Å²) in [6, 6.07) is 0. The summed E-state index contributed by atoms with van der Waals surface area (Å²) in [4.78, 5) is 0. The lowest BCUT2D eigenvalue weighted by molar-refractivity contribution is 0.208. The predicted molar refractivity (Wildman–Crippen MR) is 319 cm³/mol. The lowest BCUT2D eigenvalue weighted by Gasteiger charge is -2.33. The zero-order valence-corrected chi connectivity index (χ0v) is 52.0. The maximum atomic E-state index is 7.10. The normalized spacial score (nSPS) is 14.9. The second-order valence-electron chi connectivity index (χ2n) is 21.6. The molecule has 0 aromatic rings. The molecule has 1 aliphatic heterocycles. The number of rotatable bonds is 60. The van der Waals surface area contributed by atoms with Gasteiger partial charge >= 0.3 is 23.0 Å². The lowest BCUT2D eigenvalue weighted by Crippen LogP contribution is -2.08. The first-order chi connectivity index (χ1) is 35.5. The summed E-state index contributed by atoms with van der Waals surface area (Å²) in [7, 11) is -9.98. The summed E-state index contributed by atoms with van der Waals surface area (Å²) in [5.41, 5.74) is 0. The third kappa shape index (κ3) is 41.5. The fourth-order valence-electron chi connectivity index (χ4n) is 9.42. The summed E-state index contributed by atoms with van der Waals surface area (Å²) < 4.78 is 59.3. The van der Waals surface area contributed by atoms with E-state index in [0.717, 1.165) is 77.0 Å². The molecule has 0 fully saturated rings. The van der Waals surface area contributed by atoms with Crippen LogP contribution in [0, 0.1) is 0 Å². The van der Waals surface area contributed by atoms with Crippen LogP contribution in [0.1, 0.15) is 350 Å². The van der Waals surface area contributed by atoms with E-state index in [2.05, 4.69) is 41.5 Å². The van der Waals surface area contributed by atoms with Crippen LogP contribution in [0.25, 0.3) is 0 Å². The van der Waals surface area contributed by atoms with Crippen LogP contribution in [0.3, 0.4) is 0 Å². The number of unbranched alkanes of at least 4 members (excludes halogenated alkanes) is 42. The molecule has 0 bridgehead atoms. The van der Waals surface area contributed by atoms with Gasteiger partial charge in [-0.15, -0.1) is 13.5 Å². The smallest absolute Gasteiger partial charge is 0.306 e. The van der Waals surface area contributed by atoms with E-state index in [0.29, 0.717) is 39.6 Å². The molecule has 432 valence electrons. The van der Waals surface area contributed by atoms with E-state index in [-0.39, 0.29) is 0 Å². The summed E-state index contributed by atoms with van der Waals surface area (Å²) in [6.07, 6.45) is 59.1. The van der Waals surface area contributed by atoms with Gasteiger partial charge in [-0.2, -0.15) is 0 Å². The number of nitrogens with zero attached hydrogens (tertiary/aromatic N) is 3. The molecule has 12 heteroatoms. The van der Waals surface area contributed by atoms with Crippen molar-refractivity contribution in [3.63, 3.8) is 0 Å². The monoisotopic (exact) mass is 1080 g/mol. The Labute approximate surface area is 451 Å². The fraction of sp³-hybridized carbons (Fsp3) is 1.00. The zero-order valence-electron chi connectivity index (χ0n) is 49.3. The van der Waals surface area contributed by atoms with E-state index in [9.17, 15) is 0 Å². The minimum absolute atomic E-state index is 0.541. The Morgan fingerprint density at radius 1 is 0.167 bits per heavy atom. The van der Waals surface area contributed by atoms with Crippen LogP contribution >= 0.6 is 23.0 Å². The highest BCUT2D eigenvalue weighted by molar-refractivity contribution is 7.78. The second kappa shape index (κ2) is 53.5. The average molecular weight is 1080 g/mol. The molecule has 9 nitrogen and oxygen atoms in total. The molecule has 0 aromatic heterocycles. The van der Waals surface area contributed by atoms with Gasteiger partial charge in [0, 0.05) is 0 Å². The maximum Gasteiger partial charge on any atom is 0.349 e. The van der Waals surface area contributed by atoms with Crippen LogP contribution in [-0.2, 0) is 27.1 Å². The van der Waals surface area contributed by atoms with Gasteiger partial charge in [-0.1, -0.05) is 311 Å². The summed E-state index contributed by atoms with van der Waals surface area (Å²) in [6.45, 7) is 17.0. The van der Waals surface area contributed by atoms with Gasteiger partial charge in [0.25, 0.3) is 0 Å². The number of hydrogen-bond donors (Lipinski definition) is 0. The Morgan fingerprint density at radius 2 is 0.278 bits per heavy atom. The van der Waals surface area contributed by atoms with Crippen LogP contribution in [0.15, 0.2) is 13.5 Å². The molecule has 0 N–H and O–H groups in total. The van der Waals surface area contributed by atoms with Gasteiger partial charge in [-0.3, -0.25) is 0 Å². The molecule has 1 aliphatic rings. The average Bonchev–Trinajstić information content (AvgIpc) is 3.38.